The topological polar surface area (TPSA) is 87.7 Å². The molecule has 0 fully saturated rings. The number of carboxylic acid groups (broad SMARTS) is 1. The standard InChI is InChI=1S/C11H22N2O4/c1-7(2)11(6,8(14)15)13-12-9(16)17-10(3,4)5/h7,13H,1-6H3,(H,12,16)(H,14,15). The number of hydrazine groups is 1. The van der Waals surface area contributed by atoms with Gasteiger partial charge in [0.05, 0.1) is 0 Å². The molecule has 6 nitrogen and oxygen atoms in total. The summed E-state index contributed by atoms with van der Waals surface area (Å²) in [4.78, 5) is 22.5. The third kappa shape index (κ3) is 5.04. The van der Waals surface area contributed by atoms with Crippen LogP contribution in [0, 0.1) is 5.92 Å². The Morgan fingerprint density at radius 2 is 1.65 bits per heavy atom. The molecule has 0 aromatic heterocycles. The van der Waals surface area contributed by atoms with Gasteiger partial charge >= 0.3 is 12.1 Å². The molecule has 0 aliphatic carbocycles. The molecule has 0 saturated heterocycles. The Labute approximate surface area is 102 Å². The summed E-state index contributed by atoms with van der Waals surface area (Å²) in [6.45, 7) is 10.2. The maximum absolute atomic E-state index is 11.4. The van der Waals surface area contributed by atoms with Crippen molar-refractivity contribution < 1.29 is 19.4 Å². The number of hydrogen-bond acceptors (Lipinski definition) is 4. The highest BCUT2D eigenvalue weighted by molar-refractivity contribution is 5.79. The Hall–Kier alpha value is -1.30. The fourth-order valence-electron chi connectivity index (χ4n) is 0.929. The lowest BCUT2D eigenvalue weighted by Gasteiger charge is -2.30. The van der Waals surface area contributed by atoms with Gasteiger partial charge in [0.15, 0.2) is 0 Å². The van der Waals surface area contributed by atoms with Crippen LogP contribution in [0.3, 0.4) is 0 Å². The molecule has 100 valence electrons. The van der Waals surface area contributed by atoms with Crippen LogP contribution < -0.4 is 10.9 Å². The quantitative estimate of drug-likeness (QED) is 0.654. The summed E-state index contributed by atoms with van der Waals surface area (Å²) < 4.78 is 4.99. The van der Waals surface area contributed by atoms with Crippen molar-refractivity contribution in [1.82, 2.24) is 10.9 Å². The van der Waals surface area contributed by atoms with E-state index in [-0.39, 0.29) is 5.92 Å². The zero-order valence-corrected chi connectivity index (χ0v) is 11.2. The van der Waals surface area contributed by atoms with Crippen LogP contribution in [0.25, 0.3) is 0 Å². The number of carboxylic acids is 1. The molecule has 1 atom stereocenters. The molecule has 6 heteroatoms. The number of ether oxygens (including phenoxy) is 1. The van der Waals surface area contributed by atoms with Crippen molar-refractivity contribution in [3.8, 4) is 0 Å². The highest BCUT2D eigenvalue weighted by atomic mass is 16.6. The van der Waals surface area contributed by atoms with Gasteiger partial charge in [-0.25, -0.2) is 10.2 Å². The van der Waals surface area contributed by atoms with Gasteiger partial charge in [0.1, 0.15) is 11.1 Å². The number of carbonyl (C=O) groups is 2. The summed E-state index contributed by atoms with van der Waals surface area (Å²) in [5.41, 5.74) is 2.88. The minimum absolute atomic E-state index is 0.199. The molecule has 0 aliphatic heterocycles. The highest BCUT2D eigenvalue weighted by Gasteiger charge is 2.37. The van der Waals surface area contributed by atoms with Gasteiger partial charge in [-0.1, -0.05) is 13.8 Å². The highest BCUT2D eigenvalue weighted by Crippen LogP contribution is 2.15. The van der Waals surface area contributed by atoms with Crippen molar-refractivity contribution in [3.05, 3.63) is 0 Å². The summed E-state index contributed by atoms with van der Waals surface area (Å²) in [7, 11) is 0. The molecule has 0 heterocycles. The first-order valence-corrected chi connectivity index (χ1v) is 5.48. The van der Waals surface area contributed by atoms with Crippen LogP contribution in [-0.2, 0) is 9.53 Å². The minimum atomic E-state index is -1.24. The second-order valence-electron chi connectivity index (χ2n) is 5.41. The molecule has 0 saturated carbocycles. The number of hydrogen-bond donors (Lipinski definition) is 3. The predicted molar refractivity (Wildman–Crippen MR) is 63.4 cm³/mol. The van der Waals surface area contributed by atoms with Crippen molar-refractivity contribution in [2.75, 3.05) is 0 Å². The molecule has 0 rings (SSSR count). The normalized spacial score (nSPS) is 15.2. The molecule has 0 aromatic rings. The fourth-order valence-corrected chi connectivity index (χ4v) is 0.929. The molecule has 3 N–H and O–H groups in total. The molecular formula is C11H22N2O4. The van der Waals surface area contributed by atoms with Gasteiger partial charge in [0.25, 0.3) is 0 Å². The SMILES string of the molecule is CC(C)C(C)(NNC(=O)OC(C)(C)C)C(=O)O. The van der Waals surface area contributed by atoms with Gasteiger partial charge < -0.3 is 9.84 Å². The average Bonchev–Trinajstić information content (AvgIpc) is 2.10. The maximum atomic E-state index is 11.4. The van der Waals surface area contributed by atoms with Crippen molar-refractivity contribution in [2.24, 2.45) is 5.92 Å². The van der Waals surface area contributed by atoms with Crippen molar-refractivity contribution >= 4 is 12.1 Å². The first-order chi connectivity index (χ1) is 7.49. The van der Waals surface area contributed by atoms with E-state index in [9.17, 15) is 9.59 Å². The Kier molecular flexibility index (Phi) is 4.94. The van der Waals surface area contributed by atoms with E-state index in [0.29, 0.717) is 0 Å². The third-order valence-electron chi connectivity index (χ3n) is 2.42. The van der Waals surface area contributed by atoms with Gasteiger partial charge in [-0.2, -0.15) is 0 Å². The van der Waals surface area contributed by atoms with Crippen LogP contribution in [0.15, 0.2) is 0 Å². The molecule has 1 unspecified atom stereocenters. The van der Waals surface area contributed by atoms with E-state index in [1.807, 2.05) is 0 Å². The average molecular weight is 246 g/mol. The monoisotopic (exact) mass is 246 g/mol. The van der Waals surface area contributed by atoms with E-state index < -0.39 is 23.2 Å². The number of nitrogens with one attached hydrogen (secondary N) is 2. The van der Waals surface area contributed by atoms with Crippen LogP contribution in [0.5, 0.6) is 0 Å². The van der Waals surface area contributed by atoms with Gasteiger partial charge in [-0.05, 0) is 33.6 Å². The summed E-state index contributed by atoms with van der Waals surface area (Å²) in [5, 5.41) is 9.09. The second-order valence-corrected chi connectivity index (χ2v) is 5.41. The van der Waals surface area contributed by atoms with E-state index in [2.05, 4.69) is 10.9 Å². The lowest BCUT2D eigenvalue weighted by molar-refractivity contribution is -0.146. The maximum Gasteiger partial charge on any atom is 0.422 e. The van der Waals surface area contributed by atoms with Gasteiger partial charge in [-0.15, -0.1) is 0 Å². The Bertz CT molecular complexity index is 296. The van der Waals surface area contributed by atoms with E-state index in [1.165, 1.54) is 6.92 Å². The zero-order valence-electron chi connectivity index (χ0n) is 11.2. The molecule has 0 aromatic carbocycles. The number of carbonyl (C=O) groups excluding carboxylic acids is 1. The Balaban J connectivity index is 4.44. The van der Waals surface area contributed by atoms with Crippen LogP contribution in [0.1, 0.15) is 41.5 Å². The van der Waals surface area contributed by atoms with Crippen LogP contribution in [-0.4, -0.2) is 28.3 Å². The smallest absolute Gasteiger partial charge is 0.422 e. The molecular weight excluding hydrogens is 224 g/mol. The van der Waals surface area contributed by atoms with Gasteiger partial charge in [-0.3, -0.25) is 10.2 Å². The predicted octanol–water partition coefficient (Wildman–Crippen LogP) is 1.51. The first-order valence-electron chi connectivity index (χ1n) is 5.48. The minimum Gasteiger partial charge on any atom is -0.480 e. The van der Waals surface area contributed by atoms with E-state index in [4.69, 9.17) is 9.84 Å². The summed E-state index contributed by atoms with van der Waals surface area (Å²) >= 11 is 0. The lowest BCUT2D eigenvalue weighted by atomic mass is 9.89. The summed E-state index contributed by atoms with van der Waals surface area (Å²) in [5.74, 6) is -1.24. The third-order valence-corrected chi connectivity index (χ3v) is 2.42. The second kappa shape index (κ2) is 5.35. The molecule has 17 heavy (non-hydrogen) atoms. The van der Waals surface area contributed by atoms with E-state index in [1.54, 1.807) is 34.6 Å². The number of amides is 1. The Morgan fingerprint density at radius 3 is 1.94 bits per heavy atom. The number of rotatable bonds is 4. The molecule has 0 radical (unpaired) electrons. The first kappa shape index (κ1) is 15.7. The largest absolute Gasteiger partial charge is 0.480 e. The molecule has 0 bridgehead atoms. The Morgan fingerprint density at radius 1 is 1.18 bits per heavy atom. The van der Waals surface area contributed by atoms with Crippen LogP contribution >= 0.6 is 0 Å². The van der Waals surface area contributed by atoms with Crippen LogP contribution in [0.4, 0.5) is 4.79 Å². The van der Waals surface area contributed by atoms with Crippen molar-refractivity contribution in [1.29, 1.82) is 0 Å². The molecule has 1 amide bonds. The molecule has 0 spiro atoms. The number of aliphatic carboxylic acids is 1. The van der Waals surface area contributed by atoms with E-state index in [0.717, 1.165) is 0 Å². The summed E-state index contributed by atoms with van der Waals surface area (Å²) in [6, 6.07) is 0. The zero-order chi connectivity index (χ0) is 13.9. The van der Waals surface area contributed by atoms with Crippen LogP contribution in [0.2, 0.25) is 0 Å². The van der Waals surface area contributed by atoms with Gasteiger partial charge in [0, 0.05) is 0 Å². The fraction of sp³-hybridized carbons (Fsp3) is 0.818. The van der Waals surface area contributed by atoms with Crippen molar-refractivity contribution in [3.63, 3.8) is 0 Å². The van der Waals surface area contributed by atoms with Crippen molar-refractivity contribution in [2.45, 2.75) is 52.7 Å². The lowest BCUT2D eigenvalue weighted by Crippen LogP contribution is -2.60. The molecule has 0 aliphatic rings. The summed E-state index contributed by atoms with van der Waals surface area (Å²) in [6.07, 6.45) is -0.703. The van der Waals surface area contributed by atoms with Gasteiger partial charge in [0.2, 0.25) is 0 Å². The van der Waals surface area contributed by atoms with E-state index >= 15 is 0 Å².